The fraction of sp³-hybridized carbons (Fsp3) is 0.941. The van der Waals surface area contributed by atoms with Crippen molar-refractivity contribution >= 4 is 6.03 Å². The van der Waals surface area contributed by atoms with Crippen LogP contribution in [0.4, 0.5) is 4.79 Å². The van der Waals surface area contributed by atoms with Crippen molar-refractivity contribution < 1.29 is 9.69 Å². The summed E-state index contributed by atoms with van der Waals surface area (Å²) in [7, 11) is 2.21. The van der Waals surface area contributed by atoms with E-state index in [2.05, 4.69) is 12.4 Å². The van der Waals surface area contributed by atoms with E-state index in [-0.39, 0.29) is 6.03 Å². The molecule has 0 spiro atoms. The quantitative estimate of drug-likeness (QED) is 0.774. The lowest BCUT2D eigenvalue weighted by atomic mass is 9.49. The fourth-order valence-electron chi connectivity index (χ4n) is 5.97. The van der Waals surface area contributed by atoms with Gasteiger partial charge in [-0.1, -0.05) is 0 Å². The molecular formula is C17H30N3O+. The summed E-state index contributed by atoms with van der Waals surface area (Å²) in [6.45, 7) is 4.95. The average molecular weight is 292 g/mol. The molecule has 4 heteroatoms. The molecule has 1 heterocycles. The van der Waals surface area contributed by atoms with E-state index >= 15 is 0 Å². The molecule has 0 aromatic heterocycles. The minimum atomic E-state index is 0.193. The highest BCUT2D eigenvalue weighted by Crippen LogP contribution is 2.59. The molecule has 0 radical (unpaired) electrons. The maximum atomic E-state index is 12.4. The van der Waals surface area contributed by atoms with Crippen LogP contribution in [0.2, 0.25) is 0 Å². The number of rotatable bonds is 2. The van der Waals surface area contributed by atoms with Gasteiger partial charge < -0.3 is 15.1 Å². The van der Waals surface area contributed by atoms with Crippen LogP contribution in [0.25, 0.3) is 0 Å². The Morgan fingerprint density at radius 3 is 2.14 bits per heavy atom. The van der Waals surface area contributed by atoms with Crippen molar-refractivity contribution in [2.45, 2.75) is 38.5 Å². The van der Waals surface area contributed by atoms with Crippen LogP contribution in [0.15, 0.2) is 0 Å². The minimum absolute atomic E-state index is 0.193. The molecule has 4 bridgehead atoms. The molecule has 5 rings (SSSR count). The van der Waals surface area contributed by atoms with Crippen LogP contribution in [0, 0.1) is 23.2 Å². The van der Waals surface area contributed by atoms with E-state index in [1.54, 1.807) is 4.90 Å². The van der Waals surface area contributed by atoms with E-state index in [1.165, 1.54) is 38.5 Å². The Hall–Kier alpha value is -0.770. The molecule has 0 aromatic rings. The second-order valence-corrected chi connectivity index (χ2v) is 8.52. The standard InChI is InChI=1S/C17H29N3O/c1-19-2-4-20(5-3-19)16(21)18-12-17-9-13-6-14(10-17)8-15(7-13)11-17/h13-15H,2-12H2,1H3,(H,18,21)/p+1. The van der Waals surface area contributed by atoms with Gasteiger partial charge in [-0.15, -0.1) is 0 Å². The zero-order valence-electron chi connectivity index (χ0n) is 13.4. The van der Waals surface area contributed by atoms with Crippen molar-refractivity contribution in [1.82, 2.24) is 10.2 Å². The third-order valence-corrected chi connectivity index (χ3v) is 6.68. The van der Waals surface area contributed by atoms with Crippen LogP contribution in [-0.2, 0) is 0 Å². The van der Waals surface area contributed by atoms with Crippen LogP contribution in [-0.4, -0.2) is 50.7 Å². The summed E-state index contributed by atoms with van der Waals surface area (Å²) in [5.74, 6) is 2.92. The highest BCUT2D eigenvalue weighted by atomic mass is 16.2. The molecule has 5 fully saturated rings. The molecule has 1 aliphatic heterocycles. The molecule has 4 aliphatic carbocycles. The van der Waals surface area contributed by atoms with Gasteiger partial charge in [-0.2, -0.15) is 0 Å². The summed E-state index contributed by atoms with van der Waals surface area (Å²) in [5, 5.41) is 3.30. The Morgan fingerprint density at radius 2 is 1.62 bits per heavy atom. The predicted octanol–water partition coefficient (Wildman–Crippen LogP) is 0.743. The van der Waals surface area contributed by atoms with Crippen LogP contribution in [0.3, 0.4) is 0 Å². The largest absolute Gasteiger partial charge is 0.337 e. The van der Waals surface area contributed by atoms with E-state index in [9.17, 15) is 4.79 Å². The number of amides is 2. The van der Waals surface area contributed by atoms with Crippen molar-refractivity contribution in [3.8, 4) is 0 Å². The Labute approximate surface area is 128 Å². The Kier molecular flexibility index (Phi) is 3.40. The molecule has 2 amide bonds. The number of hydrogen-bond acceptors (Lipinski definition) is 1. The average Bonchev–Trinajstić information content (AvgIpc) is 2.44. The van der Waals surface area contributed by atoms with Crippen molar-refractivity contribution in [3.63, 3.8) is 0 Å². The first-order valence-corrected chi connectivity index (χ1v) is 8.96. The SMILES string of the molecule is C[NH+]1CCN(C(=O)NCC23CC4CC(CC(C4)C2)C3)CC1. The Balaban J connectivity index is 1.33. The van der Waals surface area contributed by atoms with Gasteiger partial charge in [0.25, 0.3) is 0 Å². The number of carbonyl (C=O) groups excluding carboxylic acids is 1. The number of likely N-dealkylation sites (N-methyl/N-ethyl adjacent to an activating group) is 1. The van der Waals surface area contributed by atoms with Crippen LogP contribution < -0.4 is 10.2 Å². The zero-order valence-corrected chi connectivity index (χ0v) is 13.4. The van der Waals surface area contributed by atoms with Gasteiger partial charge in [0, 0.05) is 6.54 Å². The van der Waals surface area contributed by atoms with Crippen molar-refractivity contribution in [2.75, 3.05) is 39.8 Å². The van der Waals surface area contributed by atoms with Gasteiger partial charge in [0.15, 0.2) is 0 Å². The summed E-state index contributed by atoms with van der Waals surface area (Å²) in [4.78, 5) is 16.0. The maximum Gasteiger partial charge on any atom is 0.317 e. The monoisotopic (exact) mass is 292 g/mol. The minimum Gasteiger partial charge on any atom is -0.337 e. The lowest BCUT2D eigenvalue weighted by Gasteiger charge is -2.57. The summed E-state index contributed by atoms with van der Waals surface area (Å²) < 4.78 is 0. The number of hydrogen-bond donors (Lipinski definition) is 2. The number of nitrogens with zero attached hydrogens (tertiary/aromatic N) is 1. The lowest BCUT2D eigenvalue weighted by Crippen LogP contribution is -3.12. The van der Waals surface area contributed by atoms with Crippen LogP contribution >= 0.6 is 0 Å². The van der Waals surface area contributed by atoms with Gasteiger partial charge in [0.05, 0.1) is 33.2 Å². The fourth-order valence-corrected chi connectivity index (χ4v) is 5.97. The van der Waals surface area contributed by atoms with Gasteiger partial charge in [-0.25, -0.2) is 4.79 Å². The highest BCUT2D eigenvalue weighted by Gasteiger charge is 2.50. The number of nitrogens with one attached hydrogen (secondary N) is 2. The molecule has 4 saturated carbocycles. The highest BCUT2D eigenvalue weighted by molar-refractivity contribution is 5.74. The smallest absolute Gasteiger partial charge is 0.317 e. The third-order valence-electron chi connectivity index (χ3n) is 6.68. The number of piperazine rings is 1. The maximum absolute atomic E-state index is 12.4. The van der Waals surface area contributed by atoms with Gasteiger partial charge in [-0.3, -0.25) is 0 Å². The summed E-state index contributed by atoms with van der Waals surface area (Å²) in [5.41, 5.74) is 0.461. The summed E-state index contributed by atoms with van der Waals surface area (Å²) in [6.07, 6.45) is 8.59. The van der Waals surface area contributed by atoms with Gasteiger partial charge in [0.1, 0.15) is 0 Å². The van der Waals surface area contributed by atoms with Crippen molar-refractivity contribution in [2.24, 2.45) is 23.2 Å². The zero-order chi connectivity index (χ0) is 14.4. The molecule has 118 valence electrons. The Morgan fingerprint density at radius 1 is 1.10 bits per heavy atom. The first kappa shape index (κ1) is 13.9. The number of carbonyl (C=O) groups is 1. The molecule has 1 saturated heterocycles. The second-order valence-electron chi connectivity index (χ2n) is 8.52. The van der Waals surface area contributed by atoms with Gasteiger partial charge >= 0.3 is 6.03 Å². The first-order valence-electron chi connectivity index (χ1n) is 8.96. The normalized spacial score (nSPS) is 42.3. The number of urea groups is 1. The van der Waals surface area contributed by atoms with Crippen LogP contribution in [0.5, 0.6) is 0 Å². The third kappa shape index (κ3) is 2.67. The van der Waals surface area contributed by atoms with Crippen molar-refractivity contribution in [3.05, 3.63) is 0 Å². The van der Waals surface area contributed by atoms with Crippen molar-refractivity contribution in [1.29, 1.82) is 0 Å². The molecule has 0 aromatic carbocycles. The molecule has 5 aliphatic rings. The van der Waals surface area contributed by atoms with E-state index in [1.807, 2.05) is 4.90 Å². The van der Waals surface area contributed by atoms with Crippen LogP contribution in [0.1, 0.15) is 38.5 Å². The molecule has 0 atom stereocenters. The molecule has 4 nitrogen and oxygen atoms in total. The summed E-state index contributed by atoms with van der Waals surface area (Å²) in [6, 6.07) is 0.193. The molecule has 21 heavy (non-hydrogen) atoms. The van der Waals surface area contributed by atoms with Gasteiger partial charge in [0.2, 0.25) is 0 Å². The van der Waals surface area contributed by atoms with E-state index in [0.717, 1.165) is 50.5 Å². The first-order chi connectivity index (χ1) is 10.1. The topological polar surface area (TPSA) is 36.8 Å². The second kappa shape index (κ2) is 5.15. The predicted molar refractivity (Wildman–Crippen MR) is 82.2 cm³/mol. The van der Waals surface area contributed by atoms with E-state index in [4.69, 9.17) is 0 Å². The summed E-state index contributed by atoms with van der Waals surface area (Å²) >= 11 is 0. The van der Waals surface area contributed by atoms with E-state index in [0.29, 0.717) is 5.41 Å². The van der Waals surface area contributed by atoms with E-state index < -0.39 is 0 Å². The number of quaternary nitrogens is 1. The van der Waals surface area contributed by atoms with Gasteiger partial charge in [-0.05, 0) is 61.7 Å². The molecule has 2 N–H and O–H groups in total. The molecular weight excluding hydrogens is 262 g/mol. The Bertz CT molecular complexity index is 379. The lowest BCUT2D eigenvalue weighted by molar-refractivity contribution is -0.883. The molecule has 0 unspecified atom stereocenters.